The molecule has 38 heavy (non-hydrogen) atoms. The van der Waals surface area contributed by atoms with Crippen molar-refractivity contribution in [2.24, 2.45) is 0 Å². The molecule has 0 saturated heterocycles. The molecule has 1 amide bonds. The molecule has 1 fully saturated rings. The molecular weight excluding hydrogens is 482 g/mol. The van der Waals surface area contributed by atoms with Gasteiger partial charge in [0.1, 0.15) is 5.76 Å². The van der Waals surface area contributed by atoms with Crippen molar-refractivity contribution in [1.29, 1.82) is 0 Å². The van der Waals surface area contributed by atoms with Gasteiger partial charge < -0.3 is 19.6 Å². The van der Waals surface area contributed by atoms with Gasteiger partial charge in [0.2, 0.25) is 16.9 Å². The van der Waals surface area contributed by atoms with E-state index >= 15 is 0 Å². The van der Waals surface area contributed by atoms with Crippen LogP contribution in [0.15, 0.2) is 100 Å². The molecule has 5 aromatic rings. The third-order valence-electron chi connectivity index (χ3n) is 6.93. The van der Waals surface area contributed by atoms with Gasteiger partial charge in [-0.25, -0.2) is 14.8 Å². The van der Waals surface area contributed by atoms with Crippen molar-refractivity contribution in [3.63, 3.8) is 0 Å². The molecule has 0 atom stereocenters. The molecule has 188 valence electrons. The number of amides is 1. The number of hydrogen-bond acceptors (Lipinski definition) is 6. The van der Waals surface area contributed by atoms with E-state index < -0.39 is 11.6 Å². The highest BCUT2D eigenvalue weighted by Crippen LogP contribution is 2.42. The molecule has 2 N–H and O–H groups in total. The van der Waals surface area contributed by atoms with Crippen LogP contribution in [0, 0.1) is 0 Å². The molecule has 3 aromatic heterocycles. The monoisotopic (exact) mass is 505 g/mol. The summed E-state index contributed by atoms with van der Waals surface area (Å²) < 4.78 is 12.3. The quantitative estimate of drug-likeness (QED) is 0.276. The van der Waals surface area contributed by atoms with Crippen LogP contribution in [0.1, 0.15) is 24.8 Å². The fourth-order valence-electron chi connectivity index (χ4n) is 4.91. The Morgan fingerprint density at radius 3 is 2.32 bits per heavy atom. The Morgan fingerprint density at radius 1 is 0.895 bits per heavy atom. The first-order chi connectivity index (χ1) is 18.5. The Bertz CT molecular complexity index is 1680. The number of nitrogens with zero attached hydrogens (tertiary/aromatic N) is 2. The summed E-state index contributed by atoms with van der Waals surface area (Å²) in [6, 6.07) is 23.7. The summed E-state index contributed by atoms with van der Waals surface area (Å²) in [6.45, 7) is 0. The molecule has 0 unspecified atom stereocenters. The van der Waals surface area contributed by atoms with Crippen molar-refractivity contribution >= 4 is 17.1 Å². The lowest BCUT2D eigenvalue weighted by Gasteiger charge is -2.42. The van der Waals surface area contributed by atoms with Crippen LogP contribution in [0.25, 0.3) is 33.4 Å². The summed E-state index contributed by atoms with van der Waals surface area (Å²) in [4.78, 5) is 33.9. The van der Waals surface area contributed by atoms with Gasteiger partial charge >= 0.3 is 6.09 Å². The van der Waals surface area contributed by atoms with Crippen molar-refractivity contribution in [3.05, 3.63) is 107 Å². The highest BCUT2D eigenvalue weighted by atomic mass is 16.5. The number of benzene rings is 2. The van der Waals surface area contributed by atoms with Crippen LogP contribution >= 0.6 is 0 Å². The standard InChI is InChI=1S/C30H23N3O5/c34-25-22-14-18-32-28(37-23-9-4-5-17-31-23)27(22)38-26(20-7-2-1-3-8-20)24(25)19-10-12-21(13-11-19)30(15-6-16-30)33-29(35)36/h1-5,7-14,17-18,33H,6,15-16H2,(H,35,36). The first-order valence-electron chi connectivity index (χ1n) is 12.3. The Labute approximate surface area is 217 Å². The Morgan fingerprint density at radius 2 is 1.66 bits per heavy atom. The number of fused-ring (bicyclic) bond motifs is 1. The van der Waals surface area contributed by atoms with Gasteiger partial charge in [-0.3, -0.25) is 4.79 Å². The number of hydrogen-bond donors (Lipinski definition) is 2. The Balaban J connectivity index is 1.51. The van der Waals surface area contributed by atoms with Crippen molar-refractivity contribution in [2.45, 2.75) is 24.8 Å². The normalized spacial score (nSPS) is 14.0. The van der Waals surface area contributed by atoms with Gasteiger partial charge in [-0.2, -0.15) is 0 Å². The van der Waals surface area contributed by atoms with Crippen molar-refractivity contribution in [1.82, 2.24) is 15.3 Å². The smallest absolute Gasteiger partial charge is 0.405 e. The lowest BCUT2D eigenvalue weighted by Crippen LogP contribution is -2.50. The van der Waals surface area contributed by atoms with Gasteiger partial charge in [-0.05, 0) is 42.5 Å². The fourth-order valence-corrected chi connectivity index (χ4v) is 4.91. The summed E-state index contributed by atoms with van der Waals surface area (Å²) >= 11 is 0. The molecule has 8 nitrogen and oxygen atoms in total. The molecule has 1 saturated carbocycles. The molecule has 1 aliphatic rings. The lowest BCUT2D eigenvalue weighted by atomic mass is 9.71. The second-order valence-electron chi connectivity index (χ2n) is 9.21. The lowest BCUT2D eigenvalue weighted by molar-refractivity contribution is 0.144. The predicted molar refractivity (Wildman–Crippen MR) is 142 cm³/mol. The predicted octanol–water partition coefficient (Wildman–Crippen LogP) is 6.36. The van der Waals surface area contributed by atoms with Gasteiger partial charge in [0.15, 0.2) is 0 Å². The highest BCUT2D eigenvalue weighted by molar-refractivity contribution is 5.91. The molecule has 0 bridgehead atoms. The van der Waals surface area contributed by atoms with Gasteiger partial charge in [0, 0.05) is 24.0 Å². The third kappa shape index (κ3) is 4.16. The minimum atomic E-state index is -1.05. The van der Waals surface area contributed by atoms with Crippen LogP contribution in [0.3, 0.4) is 0 Å². The summed E-state index contributed by atoms with van der Waals surface area (Å²) in [6.07, 6.45) is 4.48. The number of ether oxygens (including phenoxy) is 1. The van der Waals surface area contributed by atoms with Crippen LogP contribution in [0.5, 0.6) is 11.8 Å². The van der Waals surface area contributed by atoms with Crippen LogP contribution < -0.4 is 15.5 Å². The van der Waals surface area contributed by atoms with Gasteiger partial charge in [-0.1, -0.05) is 60.7 Å². The number of nitrogens with one attached hydrogen (secondary N) is 1. The highest BCUT2D eigenvalue weighted by Gasteiger charge is 2.40. The zero-order chi connectivity index (χ0) is 26.1. The molecule has 1 aliphatic carbocycles. The average Bonchev–Trinajstić information content (AvgIpc) is 2.92. The summed E-state index contributed by atoms with van der Waals surface area (Å²) in [7, 11) is 0. The van der Waals surface area contributed by atoms with E-state index in [9.17, 15) is 14.7 Å². The van der Waals surface area contributed by atoms with E-state index in [4.69, 9.17) is 9.15 Å². The van der Waals surface area contributed by atoms with Gasteiger partial charge in [0.25, 0.3) is 5.88 Å². The van der Waals surface area contributed by atoms with Crippen molar-refractivity contribution < 1.29 is 19.1 Å². The molecule has 2 aromatic carbocycles. The maximum Gasteiger partial charge on any atom is 0.405 e. The van der Waals surface area contributed by atoms with E-state index in [-0.39, 0.29) is 16.9 Å². The van der Waals surface area contributed by atoms with Crippen LogP contribution in [0.2, 0.25) is 0 Å². The van der Waals surface area contributed by atoms with Crippen LogP contribution in [-0.2, 0) is 5.54 Å². The largest absolute Gasteiger partial charge is 0.465 e. The van der Waals surface area contributed by atoms with Crippen LogP contribution in [0.4, 0.5) is 4.79 Å². The van der Waals surface area contributed by atoms with Crippen LogP contribution in [-0.4, -0.2) is 21.2 Å². The first-order valence-corrected chi connectivity index (χ1v) is 12.3. The maximum atomic E-state index is 14.0. The Hall–Kier alpha value is -4.98. The second-order valence-corrected chi connectivity index (χ2v) is 9.21. The average molecular weight is 506 g/mol. The number of aromatic nitrogens is 2. The van der Waals surface area contributed by atoms with E-state index in [1.807, 2.05) is 54.6 Å². The molecular formula is C30H23N3O5. The minimum Gasteiger partial charge on any atom is -0.465 e. The van der Waals surface area contributed by atoms with E-state index in [1.54, 1.807) is 30.5 Å². The summed E-state index contributed by atoms with van der Waals surface area (Å²) in [5, 5.41) is 12.3. The number of carbonyl (C=O) groups is 1. The molecule has 0 spiro atoms. The molecule has 8 heteroatoms. The second kappa shape index (κ2) is 9.48. The zero-order valence-corrected chi connectivity index (χ0v) is 20.3. The Kier molecular flexibility index (Phi) is 5.84. The van der Waals surface area contributed by atoms with Gasteiger partial charge in [0.05, 0.1) is 16.5 Å². The van der Waals surface area contributed by atoms with Crippen molar-refractivity contribution in [3.8, 4) is 34.2 Å². The summed E-state index contributed by atoms with van der Waals surface area (Å²) in [5.74, 6) is 0.858. The van der Waals surface area contributed by atoms with Gasteiger partial charge in [-0.15, -0.1) is 0 Å². The number of pyridine rings is 2. The third-order valence-corrected chi connectivity index (χ3v) is 6.93. The molecule has 0 aliphatic heterocycles. The minimum absolute atomic E-state index is 0.143. The molecule has 3 heterocycles. The number of rotatable bonds is 6. The molecule has 6 rings (SSSR count). The maximum absolute atomic E-state index is 14.0. The van der Waals surface area contributed by atoms with E-state index in [0.717, 1.165) is 30.4 Å². The SMILES string of the molecule is O=C(O)NC1(c2ccc(-c3c(-c4ccccc4)oc4c(Oc5ccccn5)nccc4c3=O)cc2)CCC1. The zero-order valence-electron chi connectivity index (χ0n) is 20.3. The number of carboxylic acid groups (broad SMARTS) is 1. The fraction of sp³-hybridized carbons (Fsp3) is 0.133. The first kappa shape index (κ1) is 23.4. The van der Waals surface area contributed by atoms with E-state index in [0.29, 0.717) is 28.2 Å². The van der Waals surface area contributed by atoms with Crippen molar-refractivity contribution in [2.75, 3.05) is 0 Å². The molecule has 0 radical (unpaired) electrons. The van der Waals surface area contributed by atoms with E-state index in [2.05, 4.69) is 15.3 Å². The van der Waals surface area contributed by atoms with E-state index in [1.165, 1.54) is 6.20 Å². The topological polar surface area (TPSA) is 115 Å². The summed E-state index contributed by atoms with van der Waals surface area (Å²) in [5.41, 5.74) is 2.06.